The summed E-state index contributed by atoms with van der Waals surface area (Å²) in [6.07, 6.45) is 3.39. The molecule has 1 heterocycles. The van der Waals surface area contributed by atoms with E-state index in [0.717, 1.165) is 5.56 Å². The van der Waals surface area contributed by atoms with Crippen LogP contribution in [0.2, 0.25) is 0 Å². The number of hydrogen-bond donors (Lipinski definition) is 1. The number of carboxylic acid groups (broad SMARTS) is 1. The second-order valence-corrected chi connectivity index (χ2v) is 8.40. The van der Waals surface area contributed by atoms with Crippen molar-refractivity contribution in [3.63, 3.8) is 0 Å². The molecule has 1 aliphatic rings. The summed E-state index contributed by atoms with van der Waals surface area (Å²) in [7, 11) is -3.41. The molecule has 1 N–H and O–H groups in total. The Hall–Kier alpha value is -2.60. The Labute approximate surface area is 153 Å². The van der Waals surface area contributed by atoms with Crippen LogP contribution in [0.15, 0.2) is 65.2 Å². The van der Waals surface area contributed by atoms with Crippen LogP contribution in [0.4, 0.5) is 4.79 Å². The van der Waals surface area contributed by atoms with Crippen molar-refractivity contribution in [2.45, 2.75) is 23.7 Å². The molecule has 1 atom stereocenters. The van der Waals surface area contributed by atoms with Crippen molar-refractivity contribution >= 4 is 22.0 Å². The van der Waals surface area contributed by atoms with Gasteiger partial charge >= 0.3 is 6.09 Å². The third-order valence-corrected chi connectivity index (χ3v) is 5.75. The molecule has 0 bridgehead atoms. The minimum Gasteiger partial charge on any atom is -0.465 e. The largest absolute Gasteiger partial charge is 0.465 e. The van der Waals surface area contributed by atoms with E-state index in [-0.39, 0.29) is 10.8 Å². The van der Waals surface area contributed by atoms with Crippen molar-refractivity contribution in [2.24, 2.45) is 0 Å². The number of likely N-dealkylation sites (tertiary alicyclic amines) is 1. The lowest BCUT2D eigenvalue weighted by Crippen LogP contribution is -2.36. The fourth-order valence-electron chi connectivity index (χ4n) is 3.44. The highest BCUT2D eigenvalue weighted by atomic mass is 32.2. The van der Waals surface area contributed by atoms with Crippen molar-refractivity contribution in [3.8, 4) is 0 Å². The molecule has 1 amide bonds. The maximum Gasteiger partial charge on any atom is 0.411 e. The van der Waals surface area contributed by atoms with Crippen molar-refractivity contribution in [1.29, 1.82) is 0 Å². The normalized spacial score (nSPS) is 19.5. The number of nitrogens with zero attached hydrogens (tertiary/aromatic N) is 1. The van der Waals surface area contributed by atoms with E-state index >= 15 is 0 Å². The lowest BCUT2D eigenvalue weighted by atomic mass is 9.86. The summed E-state index contributed by atoms with van der Waals surface area (Å²) in [5.74, 6) is -0.286. The highest BCUT2D eigenvalue weighted by Crippen LogP contribution is 2.39. The number of carbonyl (C=O) groups is 1. The van der Waals surface area contributed by atoms with Crippen LogP contribution in [0.5, 0.6) is 0 Å². The molecule has 0 saturated carbocycles. The van der Waals surface area contributed by atoms with E-state index in [1.807, 2.05) is 36.4 Å². The summed E-state index contributed by atoms with van der Waals surface area (Å²) in [4.78, 5) is 13.4. The summed E-state index contributed by atoms with van der Waals surface area (Å²) in [5, 5.41) is 9.65. The smallest absolute Gasteiger partial charge is 0.411 e. The molecule has 6 heteroatoms. The van der Waals surface area contributed by atoms with Gasteiger partial charge in [0, 0.05) is 24.4 Å². The van der Waals surface area contributed by atoms with Gasteiger partial charge in [-0.25, -0.2) is 13.2 Å². The summed E-state index contributed by atoms with van der Waals surface area (Å²) in [6, 6.07) is 16.3. The summed E-state index contributed by atoms with van der Waals surface area (Å²) in [5.41, 5.74) is 2.16. The van der Waals surface area contributed by atoms with Crippen LogP contribution in [0.25, 0.3) is 6.08 Å². The van der Waals surface area contributed by atoms with Crippen LogP contribution in [0, 0.1) is 0 Å². The Morgan fingerprint density at radius 2 is 1.77 bits per heavy atom. The Kier molecular flexibility index (Phi) is 5.13. The van der Waals surface area contributed by atoms with Gasteiger partial charge in [0.1, 0.15) is 0 Å². The molecule has 0 radical (unpaired) electrons. The van der Waals surface area contributed by atoms with Gasteiger partial charge in [-0.1, -0.05) is 48.5 Å². The molecular weight excluding hydrogens is 350 g/mol. The molecule has 0 aromatic heterocycles. The molecule has 1 fully saturated rings. The Balaban J connectivity index is 2.16. The maximum atomic E-state index is 12.2. The number of hydrogen-bond acceptors (Lipinski definition) is 3. The number of sulfone groups is 1. The monoisotopic (exact) mass is 371 g/mol. The number of benzene rings is 2. The molecule has 1 aliphatic heterocycles. The molecule has 3 rings (SSSR count). The third kappa shape index (κ3) is 3.80. The zero-order valence-corrected chi connectivity index (χ0v) is 15.3. The SMILES string of the molecule is CS(=O)(=O)c1ccccc1C1CCCN(C(=O)O)C1=Cc1ccccc1. The van der Waals surface area contributed by atoms with Crippen molar-refractivity contribution in [3.05, 3.63) is 71.4 Å². The van der Waals surface area contributed by atoms with E-state index in [9.17, 15) is 18.3 Å². The van der Waals surface area contributed by atoms with Crippen LogP contribution in [0.3, 0.4) is 0 Å². The van der Waals surface area contributed by atoms with Gasteiger partial charge < -0.3 is 5.11 Å². The van der Waals surface area contributed by atoms with E-state index in [1.165, 1.54) is 11.2 Å². The van der Waals surface area contributed by atoms with Gasteiger partial charge in [-0.3, -0.25) is 4.90 Å². The second-order valence-electron chi connectivity index (χ2n) is 6.42. The number of rotatable bonds is 3. The van der Waals surface area contributed by atoms with E-state index in [1.54, 1.807) is 24.3 Å². The topological polar surface area (TPSA) is 74.7 Å². The van der Waals surface area contributed by atoms with Gasteiger partial charge in [0.05, 0.1) is 4.90 Å². The third-order valence-electron chi connectivity index (χ3n) is 4.58. The molecule has 5 nitrogen and oxygen atoms in total. The van der Waals surface area contributed by atoms with Gasteiger partial charge in [0.2, 0.25) is 0 Å². The zero-order chi connectivity index (χ0) is 18.7. The van der Waals surface area contributed by atoms with E-state index in [0.29, 0.717) is 30.6 Å². The predicted molar refractivity (Wildman–Crippen MR) is 101 cm³/mol. The number of piperidine rings is 1. The Morgan fingerprint density at radius 1 is 1.12 bits per heavy atom. The van der Waals surface area contributed by atoms with Crippen molar-refractivity contribution in [2.75, 3.05) is 12.8 Å². The van der Waals surface area contributed by atoms with Crippen LogP contribution in [-0.2, 0) is 9.84 Å². The zero-order valence-electron chi connectivity index (χ0n) is 14.5. The van der Waals surface area contributed by atoms with Crippen LogP contribution < -0.4 is 0 Å². The average Bonchev–Trinajstić information content (AvgIpc) is 2.62. The quantitative estimate of drug-likeness (QED) is 0.885. The number of allylic oxidation sites excluding steroid dienone is 1. The highest BCUT2D eigenvalue weighted by molar-refractivity contribution is 7.90. The van der Waals surface area contributed by atoms with E-state index in [2.05, 4.69) is 0 Å². The standard InChI is InChI=1S/C20H21NO4S/c1-26(24,25)19-12-6-5-10-17(19)16-11-7-13-21(20(22)23)18(16)14-15-8-3-2-4-9-15/h2-6,8-10,12,14,16H,7,11,13H2,1H3,(H,22,23). The summed E-state index contributed by atoms with van der Waals surface area (Å²) < 4.78 is 24.5. The minimum atomic E-state index is -3.41. The average molecular weight is 371 g/mol. The van der Waals surface area contributed by atoms with Gasteiger partial charge in [-0.15, -0.1) is 0 Å². The highest BCUT2D eigenvalue weighted by Gasteiger charge is 2.32. The first-order chi connectivity index (χ1) is 12.4. The first kappa shape index (κ1) is 18.2. The fourth-order valence-corrected chi connectivity index (χ4v) is 4.41. The van der Waals surface area contributed by atoms with Gasteiger partial charge in [0.15, 0.2) is 9.84 Å². The van der Waals surface area contributed by atoms with Crippen molar-refractivity contribution < 1.29 is 18.3 Å². The lowest BCUT2D eigenvalue weighted by Gasteiger charge is -2.35. The molecule has 136 valence electrons. The molecule has 2 aromatic rings. The summed E-state index contributed by atoms with van der Waals surface area (Å²) >= 11 is 0. The first-order valence-electron chi connectivity index (χ1n) is 8.44. The van der Waals surface area contributed by atoms with Gasteiger partial charge in [-0.05, 0) is 36.1 Å². The molecule has 0 aliphatic carbocycles. The van der Waals surface area contributed by atoms with E-state index < -0.39 is 15.9 Å². The molecule has 0 spiro atoms. The number of amides is 1. The van der Waals surface area contributed by atoms with Crippen LogP contribution in [0.1, 0.15) is 29.9 Å². The van der Waals surface area contributed by atoms with Crippen molar-refractivity contribution in [1.82, 2.24) is 4.90 Å². The van der Waals surface area contributed by atoms with Gasteiger partial charge in [-0.2, -0.15) is 0 Å². The lowest BCUT2D eigenvalue weighted by molar-refractivity contribution is 0.149. The Morgan fingerprint density at radius 3 is 2.42 bits per heavy atom. The molecular formula is C20H21NO4S. The van der Waals surface area contributed by atoms with E-state index in [4.69, 9.17) is 0 Å². The Bertz CT molecular complexity index is 935. The molecule has 1 saturated heterocycles. The fraction of sp³-hybridized carbons (Fsp3) is 0.250. The summed E-state index contributed by atoms with van der Waals surface area (Å²) in [6.45, 7) is 0.408. The maximum absolute atomic E-state index is 12.2. The first-order valence-corrected chi connectivity index (χ1v) is 10.3. The predicted octanol–water partition coefficient (Wildman–Crippen LogP) is 3.99. The minimum absolute atomic E-state index is 0.260. The van der Waals surface area contributed by atoms with Crippen LogP contribution >= 0.6 is 0 Å². The van der Waals surface area contributed by atoms with Crippen LogP contribution in [-0.4, -0.2) is 37.3 Å². The molecule has 2 aromatic carbocycles. The van der Waals surface area contributed by atoms with Gasteiger partial charge in [0.25, 0.3) is 0 Å². The molecule has 1 unspecified atom stereocenters. The second kappa shape index (κ2) is 7.33. The molecule has 26 heavy (non-hydrogen) atoms.